The summed E-state index contributed by atoms with van der Waals surface area (Å²) < 4.78 is 24.5. The first-order valence-electron chi connectivity index (χ1n) is 10.0. The van der Waals surface area contributed by atoms with Crippen LogP contribution in [0.15, 0.2) is 42.6 Å². The van der Waals surface area contributed by atoms with E-state index in [9.17, 15) is 9.18 Å². The lowest BCUT2D eigenvalue weighted by Crippen LogP contribution is -2.41. The van der Waals surface area contributed by atoms with E-state index in [0.29, 0.717) is 24.6 Å². The zero-order valence-electron chi connectivity index (χ0n) is 17.4. The summed E-state index contributed by atoms with van der Waals surface area (Å²) in [5.74, 6) is 0.837. The lowest BCUT2D eigenvalue weighted by atomic mass is 9.97. The molecule has 156 valence electrons. The Morgan fingerprint density at radius 3 is 2.62 bits per heavy atom. The molecule has 1 fully saturated rings. The van der Waals surface area contributed by atoms with Crippen LogP contribution >= 0.6 is 0 Å². The van der Waals surface area contributed by atoms with Crippen LogP contribution in [-0.2, 0) is 4.74 Å². The van der Waals surface area contributed by atoms with Crippen LogP contribution in [0, 0.1) is 5.92 Å². The van der Waals surface area contributed by atoms with Gasteiger partial charge in [0, 0.05) is 12.1 Å². The molecule has 0 aliphatic carbocycles. The van der Waals surface area contributed by atoms with Crippen LogP contribution in [-0.4, -0.2) is 54.9 Å². The van der Waals surface area contributed by atoms with Gasteiger partial charge in [-0.1, -0.05) is 12.1 Å². The van der Waals surface area contributed by atoms with Gasteiger partial charge in [0.15, 0.2) is 0 Å². The highest BCUT2D eigenvalue weighted by atomic mass is 19.1. The molecule has 0 unspecified atom stereocenters. The second-order valence-electron chi connectivity index (χ2n) is 8.20. The van der Waals surface area contributed by atoms with Crippen LogP contribution in [0.1, 0.15) is 37.0 Å². The van der Waals surface area contributed by atoms with E-state index in [1.807, 2.05) is 24.3 Å². The summed E-state index contributed by atoms with van der Waals surface area (Å²) in [5.41, 5.74) is 0.968. The maximum Gasteiger partial charge on any atom is 0.337 e. The fourth-order valence-electron chi connectivity index (χ4n) is 3.62. The number of ether oxygens (including phenoxy) is 2. The van der Waals surface area contributed by atoms with Gasteiger partial charge < -0.3 is 14.4 Å². The SMILES string of the molecule is COC(=O)c1cccc(-c2ccc(OCC3CCN(CC(C)(C)F)CC3)cn2)c1. The Morgan fingerprint density at radius 2 is 2.00 bits per heavy atom. The second kappa shape index (κ2) is 9.35. The van der Waals surface area contributed by atoms with Gasteiger partial charge in [-0.3, -0.25) is 4.98 Å². The number of rotatable bonds is 7. The van der Waals surface area contributed by atoms with E-state index in [4.69, 9.17) is 9.47 Å². The number of halogens is 1. The molecule has 5 nitrogen and oxygen atoms in total. The van der Waals surface area contributed by atoms with Gasteiger partial charge in [-0.2, -0.15) is 0 Å². The highest BCUT2D eigenvalue weighted by Gasteiger charge is 2.25. The average molecular weight is 400 g/mol. The largest absolute Gasteiger partial charge is 0.492 e. The average Bonchev–Trinajstić information content (AvgIpc) is 2.72. The van der Waals surface area contributed by atoms with Crippen LogP contribution in [0.3, 0.4) is 0 Å². The van der Waals surface area contributed by atoms with Gasteiger partial charge in [-0.25, -0.2) is 9.18 Å². The van der Waals surface area contributed by atoms with Crippen molar-refractivity contribution < 1.29 is 18.7 Å². The molecule has 0 N–H and O–H groups in total. The first-order valence-corrected chi connectivity index (χ1v) is 10.0. The molecular formula is C23H29FN2O3. The number of likely N-dealkylation sites (tertiary alicyclic amines) is 1. The summed E-state index contributed by atoms with van der Waals surface area (Å²) in [7, 11) is 1.37. The van der Waals surface area contributed by atoms with Gasteiger partial charge in [-0.05, 0) is 70.0 Å². The van der Waals surface area contributed by atoms with E-state index < -0.39 is 5.67 Å². The smallest absolute Gasteiger partial charge is 0.337 e. The molecule has 1 aromatic heterocycles. The fraction of sp³-hybridized carbons (Fsp3) is 0.478. The van der Waals surface area contributed by atoms with Crippen molar-refractivity contribution in [3.8, 4) is 17.0 Å². The maximum atomic E-state index is 13.8. The van der Waals surface area contributed by atoms with Crippen molar-refractivity contribution in [2.75, 3.05) is 33.4 Å². The van der Waals surface area contributed by atoms with Crippen molar-refractivity contribution >= 4 is 5.97 Å². The Kier molecular flexibility index (Phi) is 6.85. The number of carbonyl (C=O) groups is 1. The predicted molar refractivity (Wildman–Crippen MR) is 111 cm³/mol. The number of methoxy groups -OCH3 is 1. The number of hydrogen-bond acceptors (Lipinski definition) is 5. The monoisotopic (exact) mass is 400 g/mol. The van der Waals surface area contributed by atoms with Gasteiger partial charge in [0.05, 0.1) is 31.2 Å². The zero-order chi connectivity index (χ0) is 20.9. The highest BCUT2D eigenvalue weighted by Crippen LogP contribution is 2.24. The Balaban J connectivity index is 1.51. The number of aromatic nitrogens is 1. The number of benzene rings is 1. The van der Waals surface area contributed by atoms with Gasteiger partial charge in [0.25, 0.3) is 0 Å². The minimum Gasteiger partial charge on any atom is -0.492 e. The molecule has 0 atom stereocenters. The first-order chi connectivity index (χ1) is 13.8. The van der Waals surface area contributed by atoms with E-state index in [0.717, 1.165) is 42.9 Å². The lowest BCUT2D eigenvalue weighted by molar-refractivity contribution is 0.0600. The van der Waals surface area contributed by atoms with Crippen molar-refractivity contribution in [2.24, 2.45) is 5.92 Å². The third-order valence-corrected chi connectivity index (χ3v) is 5.11. The topological polar surface area (TPSA) is 51.7 Å². The van der Waals surface area contributed by atoms with E-state index in [1.54, 1.807) is 32.2 Å². The Bertz CT molecular complexity index is 810. The molecular weight excluding hydrogens is 371 g/mol. The van der Waals surface area contributed by atoms with Crippen LogP contribution in [0.4, 0.5) is 4.39 Å². The molecule has 0 amide bonds. The number of hydrogen-bond donors (Lipinski definition) is 0. The molecule has 3 rings (SSSR count). The molecule has 2 aromatic rings. The number of pyridine rings is 1. The summed E-state index contributed by atoms with van der Waals surface area (Å²) in [6, 6.07) is 11.0. The number of carbonyl (C=O) groups excluding carboxylic acids is 1. The molecule has 0 radical (unpaired) electrons. The minimum absolute atomic E-state index is 0.368. The zero-order valence-corrected chi connectivity index (χ0v) is 17.4. The highest BCUT2D eigenvalue weighted by molar-refractivity contribution is 5.90. The van der Waals surface area contributed by atoms with E-state index >= 15 is 0 Å². The third-order valence-electron chi connectivity index (χ3n) is 5.11. The van der Waals surface area contributed by atoms with Gasteiger partial charge in [0.2, 0.25) is 0 Å². The number of nitrogens with zero attached hydrogens (tertiary/aromatic N) is 2. The van der Waals surface area contributed by atoms with E-state index in [1.165, 1.54) is 7.11 Å². The summed E-state index contributed by atoms with van der Waals surface area (Å²) in [5, 5.41) is 0. The normalized spacial score (nSPS) is 15.9. The Hall–Kier alpha value is -2.47. The number of alkyl halides is 1. The van der Waals surface area contributed by atoms with Crippen molar-refractivity contribution in [2.45, 2.75) is 32.4 Å². The van der Waals surface area contributed by atoms with Crippen molar-refractivity contribution in [3.05, 3.63) is 48.2 Å². The minimum atomic E-state index is -1.15. The first kappa shape index (κ1) is 21.2. The van der Waals surface area contributed by atoms with Crippen LogP contribution in [0.2, 0.25) is 0 Å². The standard InChI is InChI=1S/C23H29FN2O3/c1-23(2,24)16-26-11-9-17(10-12-26)15-29-20-7-8-21(25-14-20)18-5-4-6-19(13-18)22(27)28-3/h4-8,13-14,17H,9-12,15-16H2,1-3H3. The number of piperidine rings is 1. The molecule has 0 spiro atoms. The molecule has 29 heavy (non-hydrogen) atoms. The second-order valence-corrected chi connectivity index (χ2v) is 8.20. The molecule has 0 bridgehead atoms. The number of esters is 1. The Labute approximate surface area is 171 Å². The molecule has 2 heterocycles. The van der Waals surface area contributed by atoms with Crippen molar-refractivity contribution in [3.63, 3.8) is 0 Å². The summed E-state index contributed by atoms with van der Waals surface area (Å²) >= 11 is 0. The lowest BCUT2D eigenvalue weighted by Gasteiger charge is -2.34. The summed E-state index contributed by atoms with van der Waals surface area (Å²) in [6.07, 6.45) is 3.74. The molecule has 1 aliphatic rings. The van der Waals surface area contributed by atoms with E-state index in [2.05, 4.69) is 9.88 Å². The third kappa shape index (κ3) is 6.26. The van der Waals surface area contributed by atoms with Crippen LogP contribution < -0.4 is 4.74 Å². The molecule has 1 aliphatic heterocycles. The van der Waals surface area contributed by atoms with Gasteiger partial charge in [-0.15, -0.1) is 0 Å². The van der Waals surface area contributed by atoms with E-state index in [-0.39, 0.29) is 5.97 Å². The van der Waals surface area contributed by atoms with Crippen molar-refractivity contribution in [1.82, 2.24) is 9.88 Å². The quantitative estimate of drug-likeness (QED) is 0.646. The molecule has 1 aromatic carbocycles. The van der Waals surface area contributed by atoms with Crippen LogP contribution in [0.25, 0.3) is 11.3 Å². The fourth-order valence-corrected chi connectivity index (χ4v) is 3.62. The van der Waals surface area contributed by atoms with Crippen LogP contribution in [0.5, 0.6) is 5.75 Å². The molecule has 6 heteroatoms. The summed E-state index contributed by atoms with van der Waals surface area (Å²) in [4.78, 5) is 18.3. The Morgan fingerprint density at radius 1 is 1.24 bits per heavy atom. The maximum absolute atomic E-state index is 13.8. The van der Waals surface area contributed by atoms with Crippen molar-refractivity contribution in [1.29, 1.82) is 0 Å². The van der Waals surface area contributed by atoms with Gasteiger partial charge >= 0.3 is 5.97 Å². The molecule has 0 saturated carbocycles. The predicted octanol–water partition coefficient (Wildman–Crippen LogP) is 4.37. The molecule has 1 saturated heterocycles. The van der Waals surface area contributed by atoms with Gasteiger partial charge in [0.1, 0.15) is 11.4 Å². The summed E-state index contributed by atoms with van der Waals surface area (Å²) in [6.45, 7) is 6.22.